The van der Waals surface area contributed by atoms with E-state index in [4.69, 9.17) is 0 Å². The van der Waals surface area contributed by atoms with Gasteiger partial charge < -0.3 is 10.6 Å². The molecule has 3 heteroatoms. The van der Waals surface area contributed by atoms with Crippen molar-refractivity contribution in [3.05, 3.63) is 22.4 Å². The maximum Gasteiger partial charge on any atom is 0.0388 e. The van der Waals surface area contributed by atoms with Gasteiger partial charge in [0.1, 0.15) is 0 Å². The lowest BCUT2D eigenvalue weighted by Crippen LogP contribution is -2.40. The Labute approximate surface area is 109 Å². The summed E-state index contributed by atoms with van der Waals surface area (Å²) < 4.78 is 0. The van der Waals surface area contributed by atoms with Gasteiger partial charge in [-0.15, -0.1) is 11.3 Å². The second kappa shape index (κ2) is 6.53. The average molecular weight is 252 g/mol. The summed E-state index contributed by atoms with van der Waals surface area (Å²) >= 11 is 1.84. The molecular formula is C14H24N2S. The van der Waals surface area contributed by atoms with E-state index in [-0.39, 0.29) is 0 Å². The van der Waals surface area contributed by atoms with Crippen molar-refractivity contribution in [2.75, 3.05) is 6.54 Å². The van der Waals surface area contributed by atoms with Gasteiger partial charge in [-0.3, -0.25) is 0 Å². The van der Waals surface area contributed by atoms with Gasteiger partial charge in [-0.25, -0.2) is 0 Å². The van der Waals surface area contributed by atoms with Gasteiger partial charge in [0.15, 0.2) is 0 Å². The van der Waals surface area contributed by atoms with E-state index in [2.05, 4.69) is 42.0 Å². The third kappa shape index (κ3) is 4.09. The Kier molecular flexibility index (Phi) is 5.01. The summed E-state index contributed by atoms with van der Waals surface area (Å²) in [5, 5.41) is 9.47. The van der Waals surface area contributed by atoms with Crippen LogP contribution in [0.5, 0.6) is 0 Å². The first-order valence-electron chi connectivity index (χ1n) is 6.78. The van der Waals surface area contributed by atoms with Crippen molar-refractivity contribution in [1.29, 1.82) is 0 Å². The molecule has 1 aromatic rings. The molecule has 0 amide bonds. The van der Waals surface area contributed by atoms with Gasteiger partial charge in [0, 0.05) is 23.0 Å². The van der Waals surface area contributed by atoms with Gasteiger partial charge in [-0.2, -0.15) is 0 Å². The third-order valence-electron chi connectivity index (χ3n) is 3.55. The lowest BCUT2D eigenvalue weighted by Gasteiger charge is -2.28. The molecule has 1 aliphatic heterocycles. The fraction of sp³-hybridized carbons (Fsp3) is 0.714. The minimum Gasteiger partial charge on any atom is -0.314 e. The summed E-state index contributed by atoms with van der Waals surface area (Å²) in [6.07, 6.45) is 5.34. The first kappa shape index (κ1) is 13.1. The quantitative estimate of drug-likeness (QED) is 0.840. The minimum absolute atomic E-state index is 0.480. The molecule has 3 atom stereocenters. The first-order chi connectivity index (χ1) is 8.25. The highest BCUT2D eigenvalue weighted by molar-refractivity contribution is 7.10. The highest BCUT2D eigenvalue weighted by atomic mass is 32.1. The van der Waals surface area contributed by atoms with Crippen LogP contribution in [-0.4, -0.2) is 18.6 Å². The van der Waals surface area contributed by atoms with Gasteiger partial charge in [0.2, 0.25) is 0 Å². The van der Waals surface area contributed by atoms with Crippen LogP contribution >= 0.6 is 11.3 Å². The van der Waals surface area contributed by atoms with E-state index in [1.807, 2.05) is 11.3 Å². The van der Waals surface area contributed by atoms with Crippen LogP contribution in [0.2, 0.25) is 0 Å². The predicted octanol–water partition coefficient (Wildman–Crippen LogP) is 3.32. The molecule has 2 nitrogen and oxygen atoms in total. The van der Waals surface area contributed by atoms with Crippen LogP contribution in [-0.2, 0) is 0 Å². The van der Waals surface area contributed by atoms with Gasteiger partial charge >= 0.3 is 0 Å². The van der Waals surface area contributed by atoms with E-state index in [0.717, 1.165) is 6.04 Å². The molecule has 1 aromatic heterocycles. The molecule has 96 valence electrons. The number of hydrogen-bond donors (Lipinski definition) is 2. The van der Waals surface area contributed by atoms with Crippen molar-refractivity contribution in [3.8, 4) is 0 Å². The van der Waals surface area contributed by atoms with Gasteiger partial charge in [0.05, 0.1) is 0 Å². The molecule has 0 bridgehead atoms. The van der Waals surface area contributed by atoms with Crippen LogP contribution in [0.1, 0.15) is 50.4 Å². The monoisotopic (exact) mass is 252 g/mol. The molecule has 1 aliphatic rings. The lowest BCUT2D eigenvalue weighted by molar-refractivity contribution is 0.335. The Morgan fingerprint density at radius 2 is 2.35 bits per heavy atom. The Balaban J connectivity index is 1.74. The zero-order valence-corrected chi connectivity index (χ0v) is 11.7. The second-order valence-corrected chi connectivity index (χ2v) is 6.17. The van der Waals surface area contributed by atoms with Gasteiger partial charge in [-0.1, -0.05) is 12.5 Å². The van der Waals surface area contributed by atoms with Crippen LogP contribution in [0.25, 0.3) is 0 Å². The third-order valence-corrected chi connectivity index (χ3v) is 4.61. The molecule has 2 heterocycles. The van der Waals surface area contributed by atoms with Crippen molar-refractivity contribution in [2.24, 2.45) is 0 Å². The van der Waals surface area contributed by atoms with Crippen molar-refractivity contribution in [1.82, 2.24) is 10.6 Å². The Morgan fingerprint density at radius 1 is 1.47 bits per heavy atom. The maximum atomic E-state index is 3.70. The van der Waals surface area contributed by atoms with E-state index < -0.39 is 0 Å². The summed E-state index contributed by atoms with van der Waals surface area (Å²) in [7, 11) is 0. The summed E-state index contributed by atoms with van der Waals surface area (Å²) in [5.41, 5.74) is 0. The summed E-state index contributed by atoms with van der Waals surface area (Å²) in [5.74, 6) is 0. The predicted molar refractivity (Wildman–Crippen MR) is 75.6 cm³/mol. The fourth-order valence-electron chi connectivity index (χ4n) is 2.67. The SMILES string of the molecule is CC(CC1CCCCN1)N[C@H](C)c1cccs1. The maximum absolute atomic E-state index is 3.70. The fourth-order valence-corrected chi connectivity index (χ4v) is 3.41. The van der Waals surface area contributed by atoms with Crippen molar-refractivity contribution in [3.63, 3.8) is 0 Å². The molecule has 2 unspecified atom stereocenters. The normalized spacial score (nSPS) is 24.5. The lowest BCUT2D eigenvalue weighted by atomic mass is 9.98. The van der Waals surface area contributed by atoms with E-state index in [0.29, 0.717) is 12.1 Å². The average Bonchev–Trinajstić information content (AvgIpc) is 2.83. The van der Waals surface area contributed by atoms with Crippen LogP contribution in [0.4, 0.5) is 0 Å². The first-order valence-corrected chi connectivity index (χ1v) is 7.66. The van der Waals surface area contributed by atoms with Crippen LogP contribution < -0.4 is 10.6 Å². The smallest absolute Gasteiger partial charge is 0.0388 e. The van der Waals surface area contributed by atoms with Crippen molar-refractivity contribution in [2.45, 2.75) is 57.7 Å². The molecule has 0 aliphatic carbocycles. The topological polar surface area (TPSA) is 24.1 Å². The van der Waals surface area contributed by atoms with Crippen LogP contribution in [0.15, 0.2) is 17.5 Å². The molecule has 0 spiro atoms. The number of hydrogen-bond acceptors (Lipinski definition) is 3. The molecule has 1 fully saturated rings. The number of piperidine rings is 1. The summed E-state index contributed by atoms with van der Waals surface area (Å²) in [4.78, 5) is 1.44. The van der Waals surface area contributed by atoms with Gasteiger partial charge in [0.25, 0.3) is 0 Å². The van der Waals surface area contributed by atoms with E-state index in [1.165, 1.54) is 37.1 Å². The Morgan fingerprint density at radius 3 is 3.00 bits per heavy atom. The second-order valence-electron chi connectivity index (χ2n) is 5.19. The Hall–Kier alpha value is -0.380. The zero-order valence-electron chi connectivity index (χ0n) is 10.9. The summed E-state index contributed by atoms with van der Waals surface area (Å²) in [6, 6.07) is 6.14. The van der Waals surface area contributed by atoms with Crippen molar-refractivity contribution < 1.29 is 0 Å². The number of rotatable bonds is 5. The molecule has 0 aromatic carbocycles. The molecule has 17 heavy (non-hydrogen) atoms. The minimum atomic E-state index is 0.480. The van der Waals surface area contributed by atoms with Gasteiger partial charge in [-0.05, 0) is 51.1 Å². The summed E-state index contributed by atoms with van der Waals surface area (Å²) in [6.45, 7) is 5.77. The number of nitrogens with one attached hydrogen (secondary N) is 2. The number of thiophene rings is 1. The van der Waals surface area contributed by atoms with E-state index >= 15 is 0 Å². The largest absolute Gasteiger partial charge is 0.314 e. The molecule has 2 rings (SSSR count). The standard InChI is InChI=1S/C14H24N2S/c1-11(10-13-6-3-4-8-15-13)16-12(2)14-7-5-9-17-14/h5,7,9,11-13,15-16H,3-4,6,8,10H2,1-2H3/t11?,12-,13?/m1/s1. The van der Waals surface area contributed by atoms with E-state index in [1.54, 1.807) is 0 Å². The van der Waals surface area contributed by atoms with Crippen molar-refractivity contribution >= 4 is 11.3 Å². The molecular weight excluding hydrogens is 228 g/mol. The van der Waals surface area contributed by atoms with Crippen LogP contribution in [0, 0.1) is 0 Å². The van der Waals surface area contributed by atoms with Crippen LogP contribution in [0.3, 0.4) is 0 Å². The zero-order chi connectivity index (χ0) is 12.1. The highest BCUT2D eigenvalue weighted by Crippen LogP contribution is 2.20. The molecule has 0 saturated carbocycles. The highest BCUT2D eigenvalue weighted by Gasteiger charge is 2.17. The Bertz CT molecular complexity index is 304. The molecule has 0 radical (unpaired) electrons. The molecule has 1 saturated heterocycles. The molecule has 2 N–H and O–H groups in total. The van der Waals surface area contributed by atoms with E-state index in [9.17, 15) is 0 Å².